The maximum absolute atomic E-state index is 11.6. The molecule has 0 aliphatic heterocycles. The fourth-order valence-electron chi connectivity index (χ4n) is 1.80. The van der Waals surface area contributed by atoms with Crippen LogP contribution in [0.15, 0.2) is 30.6 Å². The Labute approximate surface area is 122 Å². The second kappa shape index (κ2) is 8.68. The number of amides is 1. The van der Waals surface area contributed by atoms with Crippen molar-refractivity contribution < 1.29 is 29.2 Å². The van der Waals surface area contributed by atoms with Crippen molar-refractivity contribution in [2.24, 2.45) is 0 Å². The van der Waals surface area contributed by atoms with Crippen LogP contribution in [0.5, 0.6) is 0 Å². The third-order valence-corrected chi connectivity index (χ3v) is 2.86. The Hall–Kier alpha value is -2.44. The first-order valence-corrected chi connectivity index (χ1v) is 6.67. The van der Waals surface area contributed by atoms with E-state index < -0.39 is 30.3 Å². The summed E-state index contributed by atoms with van der Waals surface area (Å²) in [6, 6.07) is 4.36. The van der Waals surface area contributed by atoms with E-state index in [1.165, 1.54) is 0 Å². The number of unbranched alkanes of at least 4 members (excludes halogenated alkanes) is 1. The zero-order valence-corrected chi connectivity index (χ0v) is 11.6. The number of carboxylic acid groups (broad SMARTS) is 2. The first-order chi connectivity index (χ1) is 9.99. The van der Waals surface area contributed by atoms with Gasteiger partial charge in [0.25, 0.3) is 0 Å². The van der Waals surface area contributed by atoms with Gasteiger partial charge in [-0.3, -0.25) is 9.59 Å². The summed E-state index contributed by atoms with van der Waals surface area (Å²) >= 11 is 0. The average Bonchev–Trinajstić information content (AvgIpc) is 2.43. The molecule has 0 spiro atoms. The minimum absolute atomic E-state index is 0.177. The van der Waals surface area contributed by atoms with E-state index in [4.69, 9.17) is 10.2 Å². The number of aliphatic carboxylic acids is 2. The molecule has 1 heterocycles. The summed E-state index contributed by atoms with van der Waals surface area (Å²) in [5.74, 6) is -3.05. The standard InChI is InChI=1S/C14H18N2O5/c17-12(15-11(14(20)21)10-13(18)19)6-2-5-9-16-7-3-1-4-8-16/h1,3-4,7-8,11H,2,5-6,9-10H2,(H2-,15,17,18,19,20,21)/p+1. The highest BCUT2D eigenvalue weighted by Gasteiger charge is 2.22. The predicted octanol–water partition coefficient (Wildman–Crippen LogP) is 0.189. The van der Waals surface area contributed by atoms with Gasteiger partial charge in [0.05, 0.1) is 6.42 Å². The molecule has 1 aromatic rings. The van der Waals surface area contributed by atoms with Crippen LogP contribution in [0.1, 0.15) is 25.7 Å². The van der Waals surface area contributed by atoms with E-state index in [0.717, 1.165) is 13.0 Å². The third-order valence-electron chi connectivity index (χ3n) is 2.86. The lowest BCUT2D eigenvalue weighted by molar-refractivity contribution is -0.697. The Morgan fingerprint density at radius 2 is 1.71 bits per heavy atom. The van der Waals surface area contributed by atoms with E-state index in [2.05, 4.69) is 5.32 Å². The first-order valence-electron chi connectivity index (χ1n) is 6.67. The Morgan fingerprint density at radius 1 is 1.05 bits per heavy atom. The molecule has 3 N–H and O–H groups in total. The van der Waals surface area contributed by atoms with Gasteiger partial charge in [-0.2, -0.15) is 0 Å². The van der Waals surface area contributed by atoms with Crippen molar-refractivity contribution >= 4 is 17.8 Å². The fourth-order valence-corrected chi connectivity index (χ4v) is 1.80. The van der Waals surface area contributed by atoms with Crippen LogP contribution in [0.2, 0.25) is 0 Å². The summed E-state index contributed by atoms with van der Waals surface area (Å²) in [4.78, 5) is 32.9. The molecular formula is C14H19N2O5+. The summed E-state index contributed by atoms with van der Waals surface area (Å²) < 4.78 is 1.99. The highest BCUT2D eigenvalue weighted by Crippen LogP contribution is 1.99. The summed E-state index contributed by atoms with van der Waals surface area (Å²) in [6.45, 7) is 0.769. The molecule has 0 radical (unpaired) electrons. The second-order valence-electron chi connectivity index (χ2n) is 4.63. The summed E-state index contributed by atoms with van der Waals surface area (Å²) in [5, 5.41) is 19.6. The molecule has 1 unspecified atom stereocenters. The lowest BCUT2D eigenvalue weighted by atomic mass is 10.2. The van der Waals surface area contributed by atoms with Gasteiger partial charge in [-0.05, 0) is 6.42 Å². The highest BCUT2D eigenvalue weighted by atomic mass is 16.4. The van der Waals surface area contributed by atoms with E-state index in [9.17, 15) is 14.4 Å². The lowest BCUT2D eigenvalue weighted by Crippen LogP contribution is -2.42. The molecule has 0 saturated heterocycles. The second-order valence-corrected chi connectivity index (χ2v) is 4.63. The highest BCUT2D eigenvalue weighted by molar-refractivity contribution is 5.86. The number of carbonyl (C=O) groups is 3. The number of aromatic nitrogens is 1. The minimum Gasteiger partial charge on any atom is -0.481 e. The molecule has 0 saturated carbocycles. The van der Waals surface area contributed by atoms with Crippen molar-refractivity contribution in [2.75, 3.05) is 0 Å². The maximum atomic E-state index is 11.6. The molecule has 1 atom stereocenters. The van der Waals surface area contributed by atoms with Crippen LogP contribution in [-0.4, -0.2) is 34.1 Å². The summed E-state index contributed by atoms with van der Waals surface area (Å²) in [6.07, 6.45) is 4.78. The number of carboxylic acids is 2. The first kappa shape index (κ1) is 16.6. The van der Waals surface area contributed by atoms with Crippen LogP contribution in [0.25, 0.3) is 0 Å². The topological polar surface area (TPSA) is 108 Å². The van der Waals surface area contributed by atoms with Crippen molar-refractivity contribution in [2.45, 2.75) is 38.3 Å². The minimum atomic E-state index is -1.38. The van der Waals surface area contributed by atoms with Gasteiger partial charge >= 0.3 is 11.9 Å². The van der Waals surface area contributed by atoms with E-state index in [0.29, 0.717) is 6.42 Å². The van der Waals surface area contributed by atoms with Gasteiger partial charge in [0, 0.05) is 25.0 Å². The SMILES string of the molecule is O=C(O)CC(NC(=O)CCCC[n+]1ccccc1)C(=O)O. The van der Waals surface area contributed by atoms with Crippen molar-refractivity contribution in [1.82, 2.24) is 5.32 Å². The largest absolute Gasteiger partial charge is 0.481 e. The molecule has 0 fully saturated rings. The Balaban J connectivity index is 2.26. The number of nitrogens with one attached hydrogen (secondary N) is 1. The number of hydrogen-bond acceptors (Lipinski definition) is 3. The van der Waals surface area contributed by atoms with Crippen LogP contribution in [0, 0.1) is 0 Å². The van der Waals surface area contributed by atoms with Crippen molar-refractivity contribution in [1.29, 1.82) is 0 Å². The number of pyridine rings is 1. The number of carbonyl (C=O) groups excluding carboxylic acids is 1. The number of nitrogens with zero attached hydrogens (tertiary/aromatic N) is 1. The summed E-state index contributed by atoms with van der Waals surface area (Å²) in [5.41, 5.74) is 0. The van der Waals surface area contributed by atoms with Crippen LogP contribution in [0.3, 0.4) is 0 Å². The van der Waals surface area contributed by atoms with Gasteiger partial charge in [0.15, 0.2) is 12.4 Å². The van der Waals surface area contributed by atoms with E-state index >= 15 is 0 Å². The molecule has 1 amide bonds. The van der Waals surface area contributed by atoms with E-state index in [-0.39, 0.29) is 6.42 Å². The molecule has 0 aliphatic rings. The molecule has 1 rings (SSSR count). The molecule has 7 nitrogen and oxygen atoms in total. The predicted molar refractivity (Wildman–Crippen MR) is 72.3 cm³/mol. The third kappa shape index (κ3) is 7.05. The van der Waals surface area contributed by atoms with Gasteiger partial charge in [-0.25, -0.2) is 9.36 Å². The van der Waals surface area contributed by atoms with E-state index in [1.807, 2.05) is 35.2 Å². The van der Waals surface area contributed by atoms with Crippen LogP contribution in [0.4, 0.5) is 0 Å². The molecule has 7 heteroatoms. The summed E-state index contributed by atoms with van der Waals surface area (Å²) in [7, 11) is 0. The van der Waals surface area contributed by atoms with Crippen LogP contribution < -0.4 is 9.88 Å². The normalized spacial score (nSPS) is 11.6. The van der Waals surface area contributed by atoms with Crippen LogP contribution in [-0.2, 0) is 20.9 Å². The maximum Gasteiger partial charge on any atom is 0.326 e. The zero-order valence-electron chi connectivity index (χ0n) is 11.6. The molecule has 0 bridgehead atoms. The van der Waals surface area contributed by atoms with Crippen molar-refractivity contribution in [3.05, 3.63) is 30.6 Å². The van der Waals surface area contributed by atoms with Gasteiger partial charge < -0.3 is 15.5 Å². The number of rotatable bonds is 9. The van der Waals surface area contributed by atoms with Gasteiger partial charge in [-0.1, -0.05) is 6.07 Å². The average molecular weight is 295 g/mol. The van der Waals surface area contributed by atoms with Gasteiger partial charge in [0.1, 0.15) is 12.6 Å². The smallest absolute Gasteiger partial charge is 0.326 e. The monoisotopic (exact) mass is 295 g/mol. The zero-order chi connectivity index (χ0) is 15.7. The van der Waals surface area contributed by atoms with Crippen molar-refractivity contribution in [3.63, 3.8) is 0 Å². The lowest BCUT2D eigenvalue weighted by Gasteiger charge is -2.11. The molecule has 1 aromatic heterocycles. The van der Waals surface area contributed by atoms with Gasteiger partial charge in [0.2, 0.25) is 5.91 Å². The molecular weight excluding hydrogens is 276 g/mol. The number of hydrogen-bond donors (Lipinski definition) is 3. The van der Waals surface area contributed by atoms with Gasteiger partial charge in [-0.15, -0.1) is 0 Å². The Morgan fingerprint density at radius 3 is 2.29 bits per heavy atom. The Kier molecular flexibility index (Phi) is 6.86. The van der Waals surface area contributed by atoms with E-state index in [1.54, 1.807) is 0 Å². The van der Waals surface area contributed by atoms with Crippen LogP contribution >= 0.6 is 0 Å². The number of aryl methyl sites for hydroxylation is 1. The molecule has 0 aromatic carbocycles. The quantitative estimate of drug-likeness (QED) is 0.445. The fraction of sp³-hybridized carbons (Fsp3) is 0.429. The molecule has 0 aliphatic carbocycles. The van der Waals surface area contributed by atoms with Crippen molar-refractivity contribution in [3.8, 4) is 0 Å². The molecule has 114 valence electrons. The Bertz CT molecular complexity index is 489. The molecule has 21 heavy (non-hydrogen) atoms.